The number of nitrogens with zero attached hydrogens (tertiary/aromatic N) is 2. The van der Waals surface area contributed by atoms with Gasteiger partial charge in [0.2, 0.25) is 15.9 Å². The van der Waals surface area contributed by atoms with Gasteiger partial charge in [-0.15, -0.1) is 0 Å². The molecular weight excluding hydrogens is 442 g/mol. The van der Waals surface area contributed by atoms with Crippen molar-refractivity contribution in [1.82, 2.24) is 14.9 Å². The number of rotatable bonds is 9. The highest BCUT2D eigenvalue weighted by molar-refractivity contribution is 7.91. The second-order valence-electron chi connectivity index (χ2n) is 8.05. The molecule has 1 saturated carbocycles. The van der Waals surface area contributed by atoms with Gasteiger partial charge in [0.25, 0.3) is 5.56 Å². The van der Waals surface area contributed by atoms with E-state index in [0.717, 1.165) is 24.1 Å². The van der Waals surface area contributed by atoms with Gasteiger partial charge in [0, 0.05) is 18.4 Å². The number of amides is 1. The summed E-state index contributed by atoms with van der Waals surface area (Å²) in [5, 5.41) is 2.76. The number of anilines is 2. The molecule has 0 saturated heterocycles. The molecule has 9 nitrogen and oxygen atoms in total. The summed E-state index contributed by atoms with van der Waals surface area (Å²) in [6, 6.07) is 15.3. The van der Waals surface area contributed by atoms with Gasteiger partial charge in [-0.25, -0.2) is 13.4 Å². The van der Waals surface area contributed by atoms with Crippen molar-refractivity contribution in [3.8, 4) is 0 Å². The maximum absolute atomic E-state index is 13.1. The number of benzene rings is 1. The van der Waals surface area contributed by atoms with E-state index >= 15 is 0 Å². The molecule has 1 aromatic carbocycles. The van der Waals surface area contributed by atoms with Crippen LogP contribution in [0.1, 0.15) is 35.6 Å². The first-order chi connectivity index (χ1) is 15.8. The summed E-state index contributed by atoms with van der Waals surface area (Å²) in [5.41, 5.74) is 7.06. The third-order valence-electron chi connectivity index (χ3n) is 5.31. The molecule has 0 radical (unpaired) electrons. The lowest BCUT2D eigenvalue weighted by Crippen LogP contribution is -2.35. The number of pyridine rings is 2. The molecule has 33 heavy (non-hydrogen) atoms. The SMILES string of the molecule is Nc1ccc(CNC(=O)Cn2c(C3CC3)ccc(NS(=O)(=O)Cc3ccccc3)c2=O)cn1. The van der Waals surface area contributed by atoms with E-state index in [9.17, 15) is 18.0 Å². The van der Waals surface area contributed by atoms with Gasteiger partial charge in [0.05, 0.1) is 5.75 Å². The Hall–Kier alpha value is -3.66. The number of nitrogens with one attached hydrogen (secondary N) is 2. The number of nitrogen functional groups attached to an aromatic ring is 1. The molecule has 1 fully saturated rings. The summed E-state index contributed by atoms with van der Waals surface area (Å²) in [7, 11) is -3.80. The second kappa shape index (κ2) is 9.45. The number of sulfonamides is 1. The fourth-order valence-electron chi connectivity index (χ4n) is 3.51. The number of carbonyl (C=O) groups excluding carboxylic acids is 1. The van der Waals surface area contributed by atoms with Crippen LogP contribution in [0.25, 0.3) is 0 Å². The average molecular weight is 468 g/mol. The third-order valence-corrected chi connectivity index (χ3v) is 6.55. The summed E-state index contributed by atoms with van der Waals surface area (Å²) in [6.45, 7) is 0.0321. The van der Waals surface area contributed by atoms with E-state index in [-0.39, 0.29) is 36.4 Å². The fourth-order valence-corrected chi connectivity index (χ4v) is 4.70. The van der Waals surface area contributed by atoms with E-state index in [4.69, 9.17) is 5.73 Å². The quantitative estimate of drug-likeness (QED) is 0.440. The van der Waals surface area contributed by atoms with Crippen molar-refractivity contribution in [2.45, 2.75) is 37.6 Å². The molecule has 4 rings (SSSR count). The standard InChI is InChI=1S/C23H25N5O4S/c24-21-11-6-17(12-25-21)13-26-22(29)14-28-20(18-7-8-18)10-9-19(23(28)30)27-33(31,32)15-16-4-2-1-3-5-16/h1-6,9-12,18,27H,7-8,13-15H2,(H2,24,25)(H,26,29). The van der Waals surface area contributed by atoms with Crippen LogP contribution in [-0.2, 0) is 33.7 Å². The minimum atomic E-state index is -3.80. The number of nitrogens with two attached hydrogens (primary N) is 1. The van der Waals surface area contributed by atoms with Crippen LogP contribution in [0.2, 0.25) is 0 Å². The van der Waals surface area contributed by atoms with E-state index < -0.39 is 15.6 Å². The molecule has 1 aliphatic carbocycles. The highest BCUT2D eigenvalue weighted by Gasteiger charge is 2.28. The second-order valence-corrected chi connectivity index (χ2v) is 9.77. The van der Waals surface area contributed by atoms with Crippen LogP contribution in [0.4, 0.5) is 11.5 Å². The molecule has 4 N–H and O–H groups in total. The molecule has 3 aromatic rings. The molecule has 0 bridgehead atoms. The molecule has 172 valence electrons. The Balaban J connectivity index is 1.50. The van der Waals surface area contributed by atoms with Crippen molar-refractivity contribution >= 4 is 27.4 Å². The van der Waals surface area contributed by atoms with E-state index in [2.05, 4.69) is 15.0 Å². The van der Waals surface area contributed by atoms with Gasteiger partial charge in [-0.2, -0.15) is 0 Å². The number of aromatic nitrogens is 2. The first kappa shape index (κ1) is 22.5. The molecular formula is C23H25N5O4S. The number of hydrogen-bond donors (Lipinski definition) is 3. The number of carbonyl (C=O) groups is 1. The Morgan fingerprint density at radius 3 is 2.48 bits per heavy atom. The Bertz CT molecular complexity index is 1300. The Labute approximate surface area is 191 Å². The average Bonchev–Trinajstić information content (AvgIpc) is 3.62. The topological polar surface area (TPSA) is 136 Å². The van der Waals surface area contributed by atoms with Crippen LogP contribution in [-0.4, -0.2) is 23.9 Å². The summed E-state index contributed by atoms with van der Waals surface area (Å²) in [6.07, 6.45) is 3.42. The van der Waals surface area contributed by atoms with E-state index in [1.54, 1.807) is 54.7 Å². The zero-order valence-electron chi connectivity index (χ0n) is 17.9. The summed E-state index contributed by atoms with van der Waals surface area (Å²) in [5.74, 6) is -0.0348. The molecule has 1 amide bonds. The monoisotopic (exact) mass is 467 g/mol. The van der Waals surface area contributed by atoms with Crippen molar-refractivity contribution < 1.29 is 13.2 Å². The lowest BCUT2D eigenvalue weighted by Gasteiger charge is -2.15. The maximum Gasteiger partial charge on any atom is 0.275 e. The van der Waals surface area contributed by atoms with Gasteiger partial charge in [0.15, 0.2) is 0 Å². The zero-order chi connectivity index (χ0) is 23.4. The Morgan fingerprint density at radius 1 is 1.06 bits per heavy atom. The minimum Gasteiger partial charge on any atom is -0.384 e. The van der Waals surface area contributed by atoms with Gasteiger partial charge < -0.3 is 15.6 Å². The van der Waals surface area contributed by atoms with E-state index in [0.29, 0.717) is 11.4 Å². The highest BCUT2D eigenvalue weighted by Crippen LogP contribution is 2.39. The molecule has 0 unspecified atom stereocenters. The summed E-state index contributed by atoms with van der Waals surface area (Å²) < 4.78 is 29.0. The molecule has 0 aliphatic heterocycles. The first-order valence-electron chi connectivity index (χ1n) is 10.6. The predicted octanol–water partition coefficient (Wildman–Crippen LogP) is 1.96. The molecule has 1 aliphatic rings. The predicted molar refractivity (Wildman–Crippen MR) is 126 cm³/mol. The molecule has 2 heterocycles. The number of hydrogen-bond acceptors (Lipinski definition) is 6. The molecule has 0 atom stereocenters. The van der Waals surface area contributed by atoms with E-state index in [1.165, 1.54) is 10.6 Å². The van der Waals surface area contributed by atoms with Gasteiger partial charge in [-0.1, -0.05) is 36.4 Å². The van der Waals surface area contributed by atoms with Crippen LogP contribution >= 0.6 is 0 Å². The molecule has 10 heteroatoms. The van der Waals surface area contributed by atoms with Crippen molar-refractivity contribution in [1.29, 1.82) is 0 Å². The largest absolute Gasteiger partial charge is 0.384 e. The van der Waals surface area contributed by atoms with Crippen LogP contribution in [0.5, 0.6) is 0 Å². The lowest BCUT2D eigenvalue weighted by atomic mass is 10.2. The smallest absolute Gasteiger partial charge is 0.275 e. The zero-order valence-corrected chi connectivity index (χ0v) is 18.7. The summed E-state index contributed by atoms with van der Waals surface area (Å²) in [4.78, 5) is 29.7. The summed E-state index contributed by atoms with van der Waals surface area (Å²) >= 11 is 0. The normalized spacial score (nSPS) is 13.5. The van der Waals surface area contributed by atoms with Gasteiger partial charge >= 0.3 is 0 Å². The van der Waals surface area contributed by atoms with Gasteiger partial charge in [0.1, 0.15) is 18.1 Å². The van der Waals surface area contributed by atoms with Crippen molar-refractivity contribution in [3.63, 3.8) is 0 Å². The van der Waals surface area contributed by atoms with Crippen LogP contribution in [0.3, 0.4) is 0 Å². The first-order valence-corrected chi connectivity index (χ1v) is 12.2. The molecule has 2 aromatic heterocycles. The van der Waals surface area contributed by atoms with Crippen LogP contribution in [0, 0.1) is 0 Å². The lowest BCUT2D eigenvalue weighted by molar-refractivity contribution is -0.121. The minimum absolute atomic E-state index is 0.0779. The van der Waals surface area contributed by atoms with Crippen molar-refractivity contribution in [2.24, 2.45) is 0 Å². The van der Waals surface area contributed by atoms with Crippen molar-refractivity contribution in [2.75, 3.05) is 10.5 Å². The molecule has 0 spiro atoms. The van der Waals surface area contributed by atoms with Crippen LogP contribution in [0.15, 0.2) is 65.6 Å². The van der Waals surface area contributed by atoms with Crippen molar-refractivity contribution in [3.05, 3.63) is 88.0 Å². The van der Waals surface area contributed by atoms with E-state index in [1.807, 2.05) is 0 Å². The highest BCUT2D eigenvalue weighted by atomic mass is 32.2. The Kier molecular flexibility index (Phi) is 6.45. The Morgan fingerprint density at radius 2 is 1.82 bits per heavy atom. The third kappa shape index (κ3) is 5.98. The van der Waals surface area contributed by atoms with Gasteiger partial charge in [-0.3, -0.25) is 14.3 Å². The van der Waals surface area contributed by atoms with Gasteiger partial charge in [-0.05, 0) is 48.1 Å². The van der Waals surface area contributed by atoms with Crippen LogP contribution < -0.4 is 21.3 Å². The fraction of sp³-hybridized carbons (Fsp3) is 0.261. The maximum atomic E-state index is 13.1.